The second kappa shape index (κ2) is 6.55. The van der Waals surface area contributed by atoms with Gasteiger partial charge in [-0.25, -0.2) is 4.98 Å². The lowest BCUT2D eigenvalue weighted by atomic mass is 10.2. The number of hydrogen-bond donors (Lipinski definition) is 2. The van der Waals surface area contributed by atoms with E-state index in [9.17, 15) is 4.79 Å². The highest BCUT2D eigenvalue weighted by Gasteiger charge is 2.13. The Hall–Kier alpha value is -2.12. The summed E-state index contributed by atoms with van der Waals surface area (Å²) in [7, 11) is 3.10. The van der Waals surface area contributed by atoms with Crippen LogP contribution in [-0.4, -0.2) is 25.1 Å². The van der Waals surface area contributed by atoms with Crippen LogP contribution >= 0.6 is 11.3 Å². The molecule has 0 bridgehead atoms. The maximum absolute atomic E-state index is 12.2. The largest absolute Gasteiger partial charge is 0.497 e. The summed E-state index contributed by atoms with van der Waals surface area (Å²) in [4.78, 5) is 16.4. The number of nitrogens with two attached hydrogens (primary N) is 1. The Kier molecular flexibility index (Phi) is 4.77. The number of ether oxygens (including phenoxy) is 2. The van der Waals surface area contributed by atoms with Crippen LogP contribution in [0, 0.1) is 0 Å². The molecule has 0 aliphatic carbocycles. The molecule has 21 heavy (non-hydrogen) atoms. The number of hydrogen-bond acceptors (Lipinski definition) is 6. The molecule has 1 aromatic carbocycles. The van der Waals surface area contributed by atoms with Crippen LogP contribution in [0.1, 0.15) is 28.5 Å². The molecule has 3 N–H and O–H groups in total. The van der Waals surface area contributed by atoms with Gasteiger partial charge in [-0.2, -0.15) is 0 Å². The Morgan fingerprint density at radius 1 is 1.29 bits per heavy atom. The molecule has 0 radical (unpaired) electrons. The fourth-order valence-corrected chi connectivity index (χ4v) is 2.43. The van der Waals surface area contributed by atoms with Crippen molar-refractivity contribution in [2.45, 2.75) is 13.0 Å². The molecule has 2 aromatic rings. The van der Waals surface area contributed by atoms with Gasteiger partial charge in [-0.3, -0.25) is 4.79 Å². The number of aromatic nitrogens is 1. The lowest BCUT2D eigenvalue weighted by molar-refractivity contribution is 0.102. The number of carbonyl (C=O) groups excluding carboxylic acids is 1. The predicted octanol–water partition coefficient (Wildman–Crippen LogP) is 2.43. The summed E-state index contributed by atoms with van der Waals surface area (Å²) in [5.41, 5.74) is 6.66. The molecule has 1 unspecified atom stereocenters. The fraction of sp³-hybridized carbons (Fsp3) is 0.286. The van der Waals surface area contributed by atoms with Gasteiger partial charge in [0.05, 0.1) is 20.3 Å². The molecule has 0 saturated heterocycles. The van der Waals surface area contributed by atoms with Gasteiger partial charge in [-0.15, -0.1) is 11.3 Å². The van der Waals surface area contributed by atoms with E-state index < -0.39 is 0 Å². The van der Waals surface area contributed by atoms with Gasteiger partial charge in [-0.1, -0.05) is 0 Å². The van der Waals surface area contributed by atoms with Crippen LogP contribution in [0.4, 0.5) is 5.69 Å². The number of nitrogens with zero attached hydrogens (tertiary/aromatic N) is 1. The van der Waals surface area contributed by atoms with E-state index in [2.05, 4.69) is 10.3 Å². The zero-order chi connectivity index (χ0) is 15.4. The third-order valence-electron chi connectivity index (χ3n) is 2.75. The molecule has 7 heteroatoms. The standard InChI is InChI=1S/C14H17N3O3S/c1-8(15)14-17-12(7-21-14)13(18)16-9-4-10(19-2)6-11(5-9)20-3/h4-8H,15H2,1-3H3,(H,16,18). The van der Waals surface area contributed by atoms with Crippen molar-refractivity contribution in [1.82, 2.24) is 4.98 Å². The Balaban J connectivity index is 2.18. The average molecular weight is 307 g/mol. The van der Waals surface area contributed by atoms with Crippen molar-refractivity contribution < 1.29 is 14.3 Å². The van der Waals surface area contributed by atoms with E-state index in [1.807, 2.05) is 6.92 Å². The molecule has 1 amide bonds. The number of methoxy groups -OCH3 is 2. The highest BCUT2D eigenvalue weighted by molar-refractivity contribution is 7.09. The molecule has 1 aromatic heterocycles. The summed E-state index contributed by atoms with van der Waals surface area (Å²) in [5.74, 6) is 0.895. The minimum Gasteiger partial charge on any atom is -0.497 e. The predicted molar refractivity (Wildman–Crippen MR) is 82.2 cm³/mol. The van der Waals surface area contributed by atoms with Gasteiger partial charge in [0.1, 0.15) is 22.2 Å². The van der Waals surface area contributed by atoms with Gasteiger partial charge >= 0.3 is 0 Å². The number of anilines is 1. The number of benzene rings is 1. The monoisotopic (exact) mass is 307 g/mol. The molecule has 6 nitrogen and oxygen atoms in total. The number of rotatable bonds is 5. The van der Waals surface area contributed by atoms with Crippen LogP contribution in [0.2, 0.25) is 0 Å². The van der Waals surface area contributed by atoms with Gasteiger partial charge in [0.15, 0.2) is 0 Å². The Morgan fingerprint density at radius 2 is 1.90 bits per heavy atom. The zero-order valence-corrected chi connectivity index (χ0v) is 12.9. The minimum atomic E-state index is -0.298. The molecule has 0 saturated carbocycles. The fourth-order valence-electron chi connectivity index (χ4n) is 1.68. The average Bonchev–Trinajstić information content (AvgIpc) is 2.97. The SMILES string of the molecule is COc1cc(NC(=O)c2csc(C(C)N)n2)cc(OC)c1. The topological polar surface area (TPSA) is 86.5 Å². The second-order valence-electron chi connectivity index (χ2n) is 4.42. The van der Waals surface area contributed by atoms with E-state index in [1.165, 1.54) is 11.3 Å². The number of amides is 1. The van der Waals surface area contributed by atoms with E-state index in [0.717, 1.165) is 5.01 Å². The first-order chi connectivity index (χ1) is 10.0. The molecule has 1 atom stereocenters. The maximum atomic E-state index is 12.2. The van der Waals surface area contributed by atoms with Crippen LogP contribution in [0.15, 0.2) is 23.6 Å². The van der Waals surface area contributed by atoms with Gasteiger partial charge in [0, 0.05) is 29.3 Å². The third-order valence-corrected chi connectivity index (χ3v) is 3.80. The summed E-state index contributed by atoms with van der Waals surface area (Å²) in [6.45, 7) is 1.83. The van der Waals surface area contributed by atoms with Crippen LogP contribution in [0.25, 0.3) is 0 Å². The molecular weight excluding hydrogens is 290 g/mol. The highest BCUT2D eigenvalue weighted by Crippen LogP contribution is 2.26. The molecule has 1 heterocycles. The molecule has 112 valence electrons. The summed E-state index contributed by atoms with van der Waals surface area (Å²) >= 11 is 1.37. The summed E-state index contributed by atoms with van der Waals surface area (Å²) in [6.07, 6.45) is 0. The van der Waals surface area contributed by atoms with Crippen molar-refractivity contribution in [3.8, 4) is 11.5 Å². The van der Waals surface area contributed by atoms with Gasteiger partial charge in [0.25, 0.3) is 5.91 Å². The molecule has 0 spiro atoms. The van der Waals surface area contributed by atoms with Crippen molar-refractivity contribution in [3.05, 3.63) is 34.3 Å². The zero-order valence-electron chi connectivity index (χ0n) is 12.0. The van der Waals surface area contributed by atoms with Crippen molar-refractivity contribution in [2.75, 3.05) is 19.5 Å². The van der Waals surface area contributed by atoms with E-state index >= 15 is 0 Å². The van der Waals surface area contributed by atoms with Crippen molar-refractivity contribution in [1.29, 1.82) is 0 Å². The Labute approximate surface area is 126 Å². The van der Waals surface area contributed by atoms with Gasteiger partial charge in [-0.05, 0) is 6.92 Å². The normalized spacial score (nSPS) is 11.8. The lowest BCUT2D eigenvalue weighted by Gasteiger charge is -2.09. The van der Waals surface area contributed by atoms with Crippen LogP contribution in [0.5, 0.6) is 11.5 Å². The van der Waals surface area contributed by atoms with Crippen LogP contribution < -0.4 is 20.5 Å². The number of carbonyl (C=O) groups is 1. The maximum Gasteiger partial charge on any atom is 0.275 e. The first kappa shape index (κ1) is 15.3. The first-order valence-corrected chi connectivity index (χ1v) is 7.17. The molecule has 0 fully saturated rings. The number of thiazole rings is 1. The quantitative estimate of drug-likeness (QED) is 0.886. The van der Waals surface area contributed by atoms with Crippen molar-refractivity contribution >= 4 is 22.9 Å². The third kappa shape index (κ3) is 3.71. The second-order valence-corrected chi connectivity index (χ2v) is 5.30. The smallest absolute Gasteiger partial charge is 0.275 e. The Bertz CT molecular complexity index is 618. The summed E-state index contributed by atoms with van der Waals surface area (Å²) in [5, 5.41) is 5.18. The van der Waals surface area contributed by atoms with E-state index in [1.54, 1.807) is 37.8 Å². The lowest BCUT2D eigenvalue weighted by Crippen LogP contribution is -2.13. The van der Waals surface area contributed by atoms with Crippen LogP contribution in [0.3, 0.4) is 0 Å². The highest BCUT2D eigenvalue weighted by atomic mass is 32.1. The first-order valence-electron chi connectivity index (χ1n) is 6.29. The van der Waals surface area contributed by atoms with E-state index in [4.69, 9.17) is 15.2 Å². The number of nitrogens with one attached hydrogen (secondary N) is 1. The van der Waals surface area contributed by atoms with Crippen LogP contribution in [-0.2, 0) is 0 Å². The summed E-state index contributed by atoms with van der Waals surface area (Å²) < 4.78 is 10.3. The molecule has 0 aliphatic heterocycles. The Morgan fingerprint density at radius 3 is 2.38 bits per heavy atom. The van der Waals surface area contributed by atoms with Gasteiger partial charge < -0.3 is 20.5 Å². The van der Waals surface area contributed by atoms with Gasteiger partial charge in [0.2, 0.25) is 0 Å². The van der Waals surface area contributed by atoms with Crippen molar-refractivity contribution in [3.63, 3.8) is 0 Å². The summed E-state index contributed by atoms with van der Waals surface area (Å²) in [6, 6.07) is 4.96. The molecular formula is C14H17N3O3S. The minimum absolute atomic E-state index is 0.187. The van der Waals surface area contributed by atoms with E-state index in [0.29, 0.717) is 22.9 Å². The molecule has 0 aliphatic rings. The van der Waals surface area contributed by atoms with Crippen molar-refractivity contribution in [2.24, 2.45) is 5.73 Å². The van der Waals surface area contributed by atoms with E-state index in [-0.39, 0.29) is 11.9 Å². The molecule has 2 rings (SSSR count).